The van der Waals surface area contributed by atoms with Crippen LogP contribution in [0.25, 0.3) is 22.2 Å². The molecule has 0 aliphatic heterocycles. The summed E-state index contributed by atoms with van der Waals surface area (Å²) in [5, 5.41) is 8.86. The molecule has 0 radical (unpaired) electrons. The van der Waals surface area contributed by atoms with Gasteiger partial charge in [-0.3, -0.25) is 15.1 Å². The molecule has 20 heavy (non-hydrogen) atoms. The topological polar surface area (TPSA) is 54.5 Å². The summed E-state index contributed by atoms with van der Waals surface area (Å²) >= 11 is 0. The number of aromatic nitrogens is 4. The quantitative estimate of drug-likeness (QED) is 0.768. The highest BCUT2D eigenvalue weighted by molar-refractivity contribution is 5.84. The number of nitrogens with zero attached hydrogens (tertiary/aromatic N) is 3. The first-order chi connectivity index (χ1) is 9.92. The molecule has 1 aliphatic rings. The van der Waals surface area contributed by atoms with Crippen LogP contribution in [-0.2, 0) is 0 Å². The lowest BCUT2D eigenvalue weighted by atomic mass is 10.0. The van der Waals surface area contributed by atoms with Gasteiger partial charge in [-0.15, -0.1) is 0 Å². The van der Waals surface area contributed by atoms with E-state index in [4.69, 9.17) is 0 Å². The van der Waals surface area contributed by atoms with Crippen molar-refractivity contribution >= 4 is 10.9 Å². The predicted molar refractivity (Wildman–Crippen MR) is 78.3 cm³/mol. The molecule has 3 heterocycles. The van der Waals surface area contributed by atoms with Crippen molar-refractivity contribution < 1.29 is 0 Å². The van der Waals surface area contributed by atoms with Crippen LogP contribution in [0.15, 0.2) is 36.8 Å². The van der Waals surface area contributed by atoms with Crippen molar-refractivity contribution in [3.8, 4) is 11.3 Å². The molecule has 0 saturated heterocycles. The third-order valence-electron chi connectivity index (χ3n) is 4.18. The lowest BCUT2D eigenvalue weighted by Gasteiger charge is -2.06. The average Bonchev–Trinajstić information content (AvgIpc) is 3.16. The van der Waals surface area contributed by atoms with E-state index in [2.05, 4.69) is 26.2 Å². The number of rotatable bonds is 2. The number of nitrogens with one attached hydrogen (secondary N) is 1. The molecular formula is C16H16N4. The van der Waals surface area contributed by atoms with Gasteiger partial charge in [-0.2, -0.15) is 5.10 Å². The van der Waals surface area contributed by atoms with Crippen molar-refractivity contribution in [3.63, 3.8) is 0 Å². The first kappa shape index (κ1) is 11.6. The molecule has 100 valence electrons. The van der Waals surface area contributed by atoms with Crippen LogP contribution in [0.3, 0.4) is 0 Å². The normalized spacial score (nSPS) is 16.0. The Bertz CT molecular complexity index is 727. The van der Waals surface area contributed by atoms with Gasteiger partial charge in [-0.05, 0) is 31.0 Å². The van der Waals surface area contributed by atoms with Crippen molar-refractivity contribution in [2.45, 2.75) is 31.6 Å². The van der Waals surface area contributed by atoms with E-state index < -0.39 is 0 Å². The first-order valence-corrected chi connectivity index (χ1v) is 7.16. The summed E-state index contributed by atoms with van der Waals surface area (Å²) in [7, 11) is 0. The smallest absolute Gasteiger partial charge is 0.0837 e. The minimum Gasteiger partial charge on any atom is -0.276 e. The van der Waals surface area contributed by atoms with Crippen LogP contribution >= 0.6 is 0 Å². The Labute approximate surface area is 117 Å². The van der Waals surface area contributed by atoms with Crippen LogP contribution in [0.5, 0.6) is 0 Å². The van der Waals surface area contributed by atoms with Gasteiger partial charge in [0, 0.05) is 29.3 Å². The second-order valence-electron chi connectivity index (χ2n) is 5.45. The molecule has 1 N–H and O–H groups in total. The molecule has 0 aromatic carbocycles. The van der Waals surface area contributed by atoms with Crippen LogP contribution < -0.4 is 0 Å². The predicted octanol–water partition coefficient (Wildman–Crippen LogP) is 3.68. The Balaban J connectivity index is 1.83. The van der Waals surface area contributed by atoms with Crippen LogP contribution in [0.2, 0.25) is 0 Å². The van der Waals surface area contributed by atoms with Gasteiger partial charge in [-0.1, -0.05) is 12.8 Å². The molecule has 4 heteroatoms. The number of pyridine rings is 2. The fourth-order valence-corrected chi connectivity index (χ4v) is 3.12. The molecule has 3 aromatic heterocycles. The van der Waals surface area contributed by atoms with E-state index in [0.717, 1.165) is 16.8 Å². The number of aromatic amines is 1. The zero-order valence-electron chi connectivity index (χ0n) is 11.2. The summed E-state index contributed by atoms with van der Waals surface area (Å²) in [6.07, 6.45) is 10.7. The van der Waals surface area contributed by atoms with Gasteiger partial charge in [0.25, 0.3) is 0 Å². The van der Waals surface area contributed by atoms with Gasteiger partial charge in [0.2, 0.25) is 0 Å². The summed E-state index contributed by atoms with van der Waals surface area (Å²) in [6, 6.07) is 6.12. The van der Waals surface area contributed by atoms with Crippen molar-refractivity contribution in [3.05, 3.63) is 42.5 Å². The minimum atomic E-state index is 0.605. The van der Waals surface area contributed by atoms with Gasteiger partial charge < -0.3 is 0 Å². The second kappa shape index (κ2) is 4.71. The third kappa shape index (κ3) is 1.88. The summed E-state index contributed by atoms with van der Waals surface area (Å²) in [5.74, 6) is 0.605. The summed E-state index contributed by atoms with van der Waals surface area (Å²) in [4.78, 5) is 8.67. The molecule has 0 unspecified atom stereocenters. The highest BCUT2D eigenvalue weighted by Crippen LogP contribution is 2.36. The average molecular weight is 264 g/mol. The molecule has 4 nitrogen and oxygen atoms in total. The maximum Gasteiger partial charge on any atom is 0.0837 e. The molecule has 3 aromatic rings. The number of hydrogen-bond donors (Lipinski definition) is 1. The highest BCUT2D eigenvalue weighted by Gasteiger charge is 2.22. The van der Waals surface area contributed by atoms with Crippen LogP contribution in [0.4, 0.5) is 0 Å². The van der Waals surface area contributed by atoms with E-state index in [1.165, 1.54) is 36.8 Å². The standard InChI is InChI=1S/C16H16N4/c1-2-5-11(4-1)16-13-8-14(12-6-3-7-17-9-12)18-10-15(13)19-20-16/h3,6-11H,1-2,4-5H2,(H,19,20). The van der Waals surface area contributed by atoms with Crippen LogP contribution in [0.1, 0.15) is 37.3 Å². The van der Waals surface area contributed by atoms with Crippen molar-refractivity contribution in [1.82, 2.24) is 20.2 Å². The van der Waals surface area contributed by atoms with E-state index in [1.807, 2.05) is 24.5 Å². The Morgan fingerprint density at radius 2 is 2.05 bits per heavy atom. The van der Waals surface area contributed by atoms with Crippen molar-refractivity contribution in [1.29, 1.82) is 0 Å². The summed E-state index contributed by atoms with van der Waals surface area (Å²) in [5.41, 5.74) is 4.25. The van der Waals surface area contributed by atoms with Gasteiger partial charge in [0.15, 0.2) is 0 Å². The highest BCUT2D eigenvalue weighted by atomic mass is 15.1. The number of fused-ring (bicyclic) bond motifs is 1. The SMILES string of the molecule is c1cncc(-c2cc3c(C4CCCC4)n[nH]c3cn2)c1. The molecule has 0 amide bonds. The molecule has 1 fully saturated rings. The fraction of sp³-hybridized carbons (Fsp3) is 0.312. The maximum atomic E-state index is 4.53. The largest absolute Gasteiger partial charge is 0.276 e. The second-order valence-corrected chi connectivity index (χ2v) is 5.45. The zero-order chi connectivity index (χ0) is 13.4. The van der Waals surface area contributed by atoms with Crippen molar-refractivity contribution in [2.75, 3.05) is 0 Å². The lowest BCUT2D eigenvalue weighted by Crippen LogP contribution is -1.93. The maximum absolute atomic E-state index is 4.53. The molecule has 4 rings (SSSR count). The molecule has 0 bridgehead atoms. The van der Waals surface area contributed by atoms with Gasteiger partial charge >= 0.3 is 0 Å². The van der Waals surface area contributed by atoms with E-state index >= 15 is 0 Å². The molecule has 1 saturated carbocycles. The Kier molecular flexibility index (Phi) is 2.73. The number of hydrogen-bond acceptors (Lipinski definition) is 3. The van der Waals surface area contributed by atoms with Gasteiger partial charge in [-0.25, -0.2) is 0 Å². The number of H-pyrrole nitrogens is 1. The lowest BCUT2D eigenvalue weighted by molar-refractivity contribution is 0.698. The monoisotopic (exact) mass is 264 g/mol. The summed E-state index contributed by atoms with van der Waals surface area (Å²) < 4.78 is 0. The minimum absolute atomic E-state index is 0.605. The zero-order valence-corrected chi connectivity index (χ0v) is 11.2. The first-order valence-electron chi connectivity index (χ1n) is 7.16. The Morgan fingerprint density at radius 1 is 1.15 bits per heavy atom. The molecule has 0 atom stereocenters. The van der Waals surface area contributed by atoms with Gasteiger partial charge in [0.1, 0.15) is 0 Å². The van der Waals surface area contributed by atoms with Crippen molar-refractivity contribution in [2.24, 2.45) is 0 Å². The van der Waals surface area contributed by atoms with Gasteiger partial charge in [0.05, 0.1) is 23.1 Å². The van der Waals surface area contributed by atoms with Crippen LogP contribution in [0, 0.1) is 0 Å². The summed E-state index contributed by atoms with van der Waals surface area (Å²) in [6.45, 7) is 0. The third-order valence-corrected chi connectivity index (χ3v) is 4.18. The molecular weight excluding hydrogens is 248 g/mol. The van der Waals surface area contributed by atoms with E-state index in [9.17, 15) is 0 Å². The Morgan fingerprint density at radius 3 is 2.85 bits per heavy atom. The van der Waals surface area contributed by atoms with E-state index in [1.54, 1.807) is 6.20 Å². The molecule has 1 aliphatic carbocycles. The fourth-order valence-electron chi connectivity index (χ4n) is 3.12. The van der Waals surface area contributed by atoms with E-state index in [-0.39, 0.29) is 0 Å². The Hall–Kier alpha value is -2.23. The molecule has 0 spiro atoms. The van der Waals surface area contributed by atoms with E-state index in [0.29, 0.717) is 5.92 Å². The van der Waals surface area contributed by atoms with Crippen LogP contribution in [-0.4, -0.2) is 20.2 Å².